The van der Waals surface area contributed by atoms with Crippen LogP contribution in [0, 0.1) is 5.41 Å². The van der Waals surface area contributed by atoms with Crippen LogP contribution in [-0.4, -0.2) is 52.0 Å². The van der Waals surface area contributed by atoms with Crippen LogP contribution >= 0.6 is 0 Å². The second kappa shape index (κ2) is 10.5. The highest BCUT2D eigenvalue weighted by Gasteiger charge is 2.45. The van der Waals surface area contributed by atoms with Crippen LogP contribution < -0.4 is 9.80 Å². The summed E-state index contributed by atoms with van der Waals surface area (Å²) in [6.07, 6.45) is -5.40. The number of hydrogen-bond donors (Lipinski definition) is 1. The number of aromatic carboxylic acids is 1. The van der Waals surface area contributed by atoms with Crippen molar-refractivity contribution in [1.29, 1.82) is 0 Å². The summed E-state index contributed by atoms with van der Waals surface area (Å²) in [6, 6.07) is 0.0204. The van der Waals surface area contributed by atoms with Crippen molar-refractivity contribution in [1.82, 2.24) is 4.98 Å². The molecule has 0 aromatic carbocycles. The topological polar surface area (TPSA) is 109 Å². The summed E-state index contributed by atoms with van der Waals surface area (Å²) in [5, 5.41) is 9.97. The number of halogens is 3. The first-order chi connectivity index (χ1) is 17.1. The number of imide groups is 1. The van der Waals surface area contributed by atoms with Crippen LogP contribution in [0.4, 0.5) is 34.3 Å². The lowest BCUT2D eigenvalue weighted by molar-refractivity contribution is -0.137. The molecule has 1 N–H and O–H groups in total. The van der Waals surface area contributed by atoms with Crippen LogP contribution in [0.25, 0.3) is 0 Å². The third-order valence-electron chi connectivity index (χ3n) is 5.42. The summed E-state index contributed by atoms with van der Waals surface area (Å²) < 4.78 is 53.8. The normalized spacial score (nSPS) is 17.7. The Bertz CT molecular complexity index is 1080. The lowest BCUT2D eigenvalue weighted by atomic mass is 9.90. The van der Waals surface area contributed by atoms with Gasteiger partial charge in [0.05, 0.1) is 5.69 Å². The SMILES string of the molecule is C=CCC1CC(C)(C)CN1c1nc(C(=O)O)c(N(C(=O)OC(C)(C)C)C(=O)OC(C)(C)C)cc1C(F)(F)F. The van der Waals surface area contributed by atoms with Gasteiger partial charge in [-0.1, -0.05) is 19.9 Å². The highest BCUT2D eigenvalue weighted by Crippen LogP contribution is 2.45. The fourth-order valence-electron chi connectivity index (χ4n) is 4.19. The molecule has 1 saturated heterocycles. The minimum absolute atomic E-state index is 0.140. The number of anilines is 2. The molecule has 38 heavy (non-hydrogen) atoms. The molecule has 1 aromatic rings. The monoisotopic (exact) mass is 543 g/mol. The highest BCUT2D eigenvalue weighted by atomic mass is 19.4. The van der Waals surface area contributed by atoms with Crippen LogP contribution in [0.5, 0.6) is 0 Å². The molecule has 212 valence electrons. The predicted molar refractivity (Wildman–Crippen MR) is 135 cm³/mol. The molecule has 9 nitrogen and oxygen atoms in total. The minimum Gasteiger partial charge on any atom is -0.476 e. The molecule has 2 rings (SSSR count). The standard InChI is InChI=1S/C26H36F3N3O6/c1-10-11-15-13-25(8,9)14-31(15)19-16(26(27,28)29)12-17(18(30-19)20(33)34)32(21(35)37-23(2,3)4)22(36)38-24(5,6)7/h10,12,15H,1,11,13-14H2,2-9H3,(H,33,34). The van der Waals surface area contributed by atoms with Crippen molar-refractivity contribution >= 4 is 29.7 Å². The number of carbonyl (C=O) groups excluding carboxylic acids is 2. The molecular weight excluding hydrogens is 507 g/mol. The summed E-state index contributed by atoms with van der Waals surface area (Å²) in [5.74, 6) is -2.35. The van der Waals surface area contributed by atoms with Crippen molar-refractivity contribution in [3.63, 3.8) is 0 Å². The Labute approximate surface area is 220 Å². The average molecular weight is 544 g/mol. The Morgan fingerprint density at radius 2 is 1.63 bits per heavy atom. The Hall–Kier alpha value is -3.31. The summed E-state index contributed by atoms with van der Waals surface area (Å²) in [6.45, 7) is 16.5. The summed E-state index contributed by atoms with van der Waals surface area (Å²) >= 11 is 0. The Balaban J connectivity index is 2.87. The van der Waals surface area contributed by atoms with Crippen molar-refractivity contribution in [2.75, 3.05) is 16.3 Å². The number of carbonyl (C=O) groups is 3. The van der Waals surface area contributed by atoms with E-state index in [1.807, 2.05) is 13.8 Å². The first-order valence-corrected chi connectivity index (χ1v) is 12.1. The van der Waals surface area contributed by atoms with E-state index in [1.165, 1.54) is 46.4 Å². The molecule has 1 atom stereocenters. The van der Waals surface area contributed by atoms with Gasteiger partial charge in [-0.15, -0.1) is 6.58 Å². The molecule has 0 aliphatic carbocycles. The fourth-order valence-corrected chi connectivity index (χ4v) is 4.19. The molecule has 1 unspecified atom stereocenters. The lowest BCUT2D eigenvalue weighted by Gasteiger charge is -2.31. The number of rotatable bonds is 5. The molecule has 1 aliphatic heterocycles. The quantitative estimate of drug-likeness (QED) is 0.411. The van der Waals surface area contributed by atoms with Crippen molar-refractivity contribution in [3.8, 4) is 0 Å². The molecule has 2 amide bonds. The van der Waals surface area contributed by atoms with Crippen LogP contribution in [0.1, 0.15) is 84.3 Å². The van der Waals surface area contributed by atoms with Crippen molar-refractivity contribution in [2.24, 2.45) is 5.41 Å². The summed E-state index contributed by atoms with van der Waals surface area (Å²) in [4.78, 5) is 43.9. The minimum atomic E-state index is -5.01. The molecule has 0 bridgehead atoms. The van der Waals surface area contributed by atoms with Gasteiger partial charge in [0.25, 0.3) is 0 Å². The maximum Gasteiger partial charge on any atom is 0.424 e. The van der Waals surface area contributed by atoms with Gasteiger partial charge in [-0.05, 0) is 65.9 Å². The smallest absolute Gasteiger partial charge is 0.424 e. The zero-order valence-electron chi connectivity index (χ0n) is 23.0. The van der Waals surface area contributed by atoms with E-state index in [9.17, 15) is 32.7 Å². The molecule has 1 aromatic heterocycles. The molecule has 0 spiro atoms. The molecule has 0 saturated carbocycles. The van der Waals surface area contributed by atoms with E-state index < -0.39 is 64.3 Å². The maximum absolute atomic E-state index is 14.4. The van der Waals surface area contributed by atoms with E-state index in [2.05, 4.69) is 11.6 Å². The summed E-state index contributed by atoms with van der Waals surface area (Å²) in [7, 11) is 0. The molecule has 2 heterocycles. The Morgan fingerprint density at radius 1 is 1.13 bits per heavy atom. The van der Waals surface area contributed by atoms with E-state index in [4.69, 9.17) is 9.47 Å². The van der Waals surface area contributed by atoms with Crippen LogP contribution in [0.3, 0.4) is 0 Å². The average Bonchev–Trinajstić information content (AvgIpc) is 2.98. The predicted octanol–water partition coefficient (Wildman–Crippen LogP) is 6.66. The Kier molecular flexibility index (Phi) is 8.50. The van der Waals surface area contributed by atoms with E-state index in [0.717, 1.165) is 0 Å². The number of nitrogens with zero attached hydrogens (tertiary/aromatic N) is 3. The highest BCUT2D eigenvalue weighted by molar-refractivity contribution is 6.13. The van der Waals surface area contributed by atoms with Crippen LogP contribution in [-0.2, 0) is 15.7 Å². The number of aromatic nitrogens is 1. The van der Waals surface area contributed by atoms with E-state index in [0.29, 0.717) is 18.9 Å². The number of ether oxygens (including phenoxy) is 2. The van der Waals surface area contributed by atoms with Crippen molar-refractivity contribution < 1.29 is 42.1 Å². The number of alkyl halides is 3. The van der Waals surface area contributed by atoms with Crippen LogP contribution in [0.2, 0.25) is 0 Å². The fraction of sp³-hybridized carbons (Fsp3) is 0.615. The van der Waals surface area contributed by atoms with E-state index in [-0.39, 0.29) is 16.9 Å². The molecule has 12 heteroatoms. The zero-order valence-corrected chi connectivity index (χ0v) is 23.0. The lowest BCUT2D eigenvalue weighted by Crippen LogP contribution is -2.45. The molecule has 1 aliphatic rings. The number of amides is 2. The van der Waals surface area contributed by atoms with Gasteiger partial charge in [-0.25, -0.2) is 19.4 Å². The van der Waals surface area contributed by atoms with Gasteiger partial charge >= 0.3 is 24.3 Å². The van der Waals surface area contributed by atoms with E-state index in [1.54, 1.807) is 6.08 Å². The second-order valence-electron chi connectivity index (χ2n) is 12.0. The molecule has 0 radical (unpaired) electrons. The number of carboxylic acids is 1. The van der Waals surface area contributed by atoms with Gasteiger partial charge in [-0.2, -0.15) is 18.1 Å². The van der Waals surface area contributed by atoms with Gasteiger partial charge in [0, 0.05) is 12.6 Å². The van der Waals surface area contributed by atoms with E-state index >= 15 is 0 Å². The van der Waals surface area contributed by atoms with Crippen molar-refractivity contribution in [2.45, 2.75) is 91.7 Å². The first-order valence-electron chi connectivity index (χ1n) is 12.1. The van der Waals surface area contributed by atoms with Gasteiger partial charge in [0.2, 0.25) is 0 Å². The number of carboxylic acid groups (broad SMARTS) is 1. The van der Waals surface area contributed by atoms with Gasteiger partial charge < -0.3 is 19.5 Å². The summed E-state index contributed by atoms with van der Waals surface area (Å²) in [5.41, 5.74) is -5.89. The molecule has 1 fully saturated rings. The van der Waals surface area contributed by atoms with Gasteiger partial charge in [0.15, 0.2) is 5.69 Å². The van der Waals surface area contributed by atoms with Gasteiger partial charge in [0.1, 0.15) is 22.6 Å². The zero-order chi connectivity index (χ0) is 29.4. The largest absolute Gasteiger partial charge is 0.476 e. The van der Waals surface area contributed by atoms with Crippen molar-refractivity contribution in [3.05, 3.63) is 30.0 Å². The van der Waals surface area contributed by atoms with Crippen LogP contribution in [0.15, 0.2) is 18.7 Å². The Morgan fingerprint density at radius 3 is 2.03 bits per heavy atom. The third-order valence-corrected chi connectivity index (χ3v) is 5.42. The first kappa shape index (κ1) is 30.9. The molecular formula is C26H36F3N3O6. The maximum atomic E-state index is 14.4. The number of hydrogen-bond acceptors (Lipinski definition) is 7. The van der Waals surface area contributed by atoms with Gasteiger partial charge in [-0.3, -0.25) is 0 Å². The third kappa shape index (κ3) is 7.61. The number of pyridine rings is 1. The second-order valence-corrected chi connectivity index (χ2v) is 12.0.